The van der Waals surface area contributed by atoms with Crippen molar-refractivity contribution in [3.05, 3.63) is 29.8 Å². The molecule has 1 aromatic rings. The standard InChI is InChI=1S/C24H34N2O3/c1-24(2,3)26-14-16(13-20(26)27)23(28)25-22-19-8-6-5-7-18(19)21(22)15-9-11-17(29-4)12-10-15/h9-12,16,18-19,21-22H,5-8,13-14H2,1-4H3,(H,25,28)/t16-,18+,19-,21-,22-/m0/s1. The van der Waals surface area contributed by atoms with Crippen LogP contribution in [0.1, 0.15) is 64.4 Å². The Hall–Kier alpha value is -2.04. The van der Waals surface area contributed by atoms with Crippen LogP contribution in [-0.2, 0) is 9.59 Å². The highest BCUT2D eigenvalue weighted by Crippen LogP contribution is 2.54. The molecule has 1 aromatic carbocycles. The van der Waals surface area contributed by atoms with E-state index in [1.165, 1.54) is 31.2 Å². The molecule has 0 bridgehead atoms. The first-order chi connectivity index (χ1) is 13.8. The summed E-state index contributed by atoms with van der Waals surface area (Å²) in [4.78, 5) is 27.4. The number of hydrogen-bond acceptors (Lipinski definition) is 3. The van der Waals surface area contributed by atoms with E-state index in [-0.39, 0.29) is 29.3 Å². The minimum absolute atomic E-state index is 0.0534. The number of fused-ring (bicyclic) bond motifs is 1. The number of carbonyl (C=O) groups excluding carboxylic acids is 2. The molecule has 1 aliphatic heterocycles. The summed E-state index contributed by atoms with van der Waals surface area (Å²) in [5.74, 6) is 2.35. The van der Waals surface area contributed by atoms with E-state index in [4.69, 9.17) is 4.74 Å². The van der Waals surface area contributed by atoms with Crippen molar-refractivity contribution in [3.63, 3.8) is 0 Å². The van der Waals surface area contributed by atoms with Crippen LogP contribution in [0.15, 0.2) is 24.3 Å². The Kier molecular flexibility index (Phi) is 5.34. The van der Waals surface area contributed by atoms with Gasteiger partial charge in [0.15, 0.2) is 0 Å². The molecule has 2 aliphatic carbocycles. The van der Waals surface area contributed by atoms with Crippen LogP contribution >= 0.6 is 0 Å². The highest BCUT2D eigenvalue weighted by atomic mass is 16.5. The van der Waals surface area contributed by atoms with Gasteiger partial charge < -0.3 is 15.0 Å². The highest BCUT2D eigenvalue weighted by Gasteiger charge is 2.52. The smallest absolute Gasteiger partial charge is 0.225 e. The molecule has 3 aliphatic rings. The Morgan fingerprint density at radius 2 is 1.76 bits per heavy atom. The summed E-state index contributed by atoms with van der Waals surface area (Å²) in [7, 11) is 1.68. The normalized spacial score (nSPS) is 31.8. The summed E-state index contributed by atoms with van der Waals surface area (Å²) in [5, 5.41) is 3.38. The van der Waals surface area contributed by atoms with Crippen LogP contribution < -0.4 is 10.1 Å². The van der Waals surface area contributed by atoms with Gasteiger partial charge in [-0.1, -0.05) is 25.0 Å². The van der Waals surface area contributed by atoms with Gasteiger partial charge in [0.05, 0.1) is 13.0 Å². The van der Waals surface area contributed by atoms with Gasteiger partial charge in [0.25, 0.3) is 0 Å². The number of methoxy groups -OCH3 is 1. The van der Waals surface area contributed by atoms with Crippen molar-refractivity contribution in [1.29, 1.82) is 0 Å². The van der Waals surface area contributed by atoms with Crippen LogP contribution in [0.3, 0.4) is 0 Å². The highest BCUT2D eigenvalue weighted by molar-refractivity contribution is 5.89. The fourth-order valence-electron chi connectivity index (χ4n) is 5.76. The number of nitrogens with one attached hydrogen (secondary N) is 1. The number of rotatable bonds is 4. The summed E-state index contributed by atoms with van der Waals surface area (Å²) in [6.45, 7) is 6.62. The number of carbonyl (C=O) groups is 2. The third-order valence-corrected chi connectivity index (χ3v) is 7.30. The molecule has 3 fully saturated rings. The number of likely N-dealkylation sites (tertiary alicyclic amines) is 1. The Bertz CT molecular complexity index is 767. The molecule has 4 rings (SSSR count). The van der Waals surface area contributed by atoms with Gasteiger partial charge in [0, 0.05) is 30.5 Å². The van der Waals surface area contributed by atoms with Gasteiger partial charge in [-0.25, -0.2) is 0 Å². The number of benzene rings is 1. The van der Waals surface area contributed by atoms with E-state index in [0.717, 1.165) is 5.75 Å². The largest absolute Gasteiger partial charge is 0.497 e. The third-order valence-electron chi connectivity index (χ3n) is 7.30. The maximum atomic E-state index is 13.1. The van der Waals surface area contributed by atoms with E-state index in [1.54, 1.807) is 7.11 Å². The zero-order valence-electron chi connectivity index (χ0n) is 18.1. The molecular weight excluding hydrogens is 364 g/mol. The van der Waals surface area contributed by atoms with E-state index < -0.39 is 0 Å². The first kappa shape index (κ1) is 20.2. The zero-order chi connectivity index (χ0) is 20.8. The lowest BCUT2D eigenvalue weighted by Crippen LogP contribution is -2.60. The maximum Gasteiger partial charge on any atom is 0.225 e. The Balaban J connectivity index is 1.48. The fourth-order valence-corrected chi connectivity index (χ4v) is 5.76. The third kappa shape index (κ3) is 3.76. The van der Waals surface area contributed by atoms with Crippen molar-refractivity contribution in [2.75, 3.05) is 13.7 Å². The van der Waals surface area contributed by atoms with Crippen molar-refractivity contribution in [1.82, 2.24) is 10.2 Å². The van der Waals surface area contributed by atoms with Crippen molar-refractivity contribution in [2.45, 2.75) is 70.4 Å². The van der Waals surface area contributed by atoms with Crippen LogP contribution in [0.25, 0.3) is 0 Å². The monoisotopic (exact) mass is 398 g/mol. The van der Waals surface area contributed by atoms with E-state index in [9.17, 15) is 9.59 Å². The SMILES string of the molecule is COc1ccc([C@H]2[C@@H]3CCCC[C@@H]3[C@@H]2NC(=O)[C@H]2CC(=O)N(C(C)(C)C)C2)cc1. The number of hydrogen-bond donors (Lipinski definition) is 1. The lowest BCUT2D eigenvalue weighted by atomic mass is 9.53. The van der Waals surface area contributed by atoms with Crippen LogP contribution in [0.4, 0.5) is 0 Å². The average molecular weight is 399 g/mol. The Labute approximate surface area is 174 Å². The molecule has 5 atom stereocenters. The molecule has 1 N–H and O–H groups in total. The molecule has 5 nitrogen and oxygen atoms in total. The topological polar surface area (TPSA) is 58.6 Å². The van der Waals surface area contributed by atoms with E-state index in [2.05, 4.69) is 17.4 Å². The van der Waals surface area contributed by atoms with E-state index in [1.807, 2.05) is 37.8 Å². The lowest BCUT2D eigenvalue weighted by molar-refractivity contribution is -0.132. The van der Waals surface area contributed by atoms with E-state index in [0.29, 0.717) is 30.7 Å². The predicted octanol–water partition coefficient (Wildman–Crippen LogP) is 3.73. The van der Waals surface area contributed by atoms with Crippen LogP contribution in [-0.4, -0.2) is 41.9 Å². The summed E-state index contributed by atoms with van der Waals surface area (Å²) in [6.07, 6.45) is 5.30. The minimum Gasteiger partial charge on any atom is -0.497 e. The number of ether oxygens (including phenoxy) is 1. The van der Waals surface area contributed by atoms with Crippen molar-refractivity contribution < 1.29 is 14.3 Å². The minimum atomic E-state index is -0.235. The average Bonchev–Trinajstić information content (AvgIpc) is 3.09. The van der Waals surface area contributed by atoms with Crippen molar-refractivity contribution in [2.24, 2.45) is 17.8 Å². The molecule has 0 radical (unpaired) electrons. The van der Waals surface area contributed by atoms with Gasteiger partial charge in [-0.3, -0.25) is 9.59 Å². The van der Waals surface area contributed by atoms with Crippen molar-refractivity contribution >= 4 is 11.8 Å². The summed E-state index contributed by atoms with van der Waals surface area (Å²) in [5.41, 5.74) is 1.06. The first-order valence-electron chi connectivity index (χ1n) is 11.0. The first-order valence-corrected chi connectivity index (χ1v) is 11.0. The quantitative estimate of drug-likeness (QED) is 0.841. The molecule has 29 heavy (non-hydrogen) atoms. The van der Waals surface area contributed by atoms with Gasteiger partial charge in [-0.2, -0.15) is 0 Å². The van der Waals surface area contributed by atoms with Gasteiger partial charge in [0.2, 0.25) is 11.8 Å². The second kappa shape index (κ2) is 7.66. The van der Waals surface area contributed by atoms with Gasteiger partial charge in [0.1, 0.15) is 5.75 Å². The molecule has 1 saturated heterocycles. The van der Waals surface area contributed by atoms with E-state index >= 15 is 0 Å². The van der Waals surface area contributed by atoms with Crippen LogP contribution in [0, 0.1) is 17.8 Å². The number of amides is 2. The zero-order valence-corrected chi connectivity index (χ0v) is 18.1. The predicted molar refractivity (Wildman–Crippen MR) is 113 cm³/mol. The van der Waals surface area contributed by atoms with Gasteiger partial charge in [-0.05, 0) is 63.1 Å². The summed E-state index contributed by atoms with van der Waals surface area (Å²) < 4.78 is 5.31. The van der Waals surface area contributed by atoms with Crippen molar-refractivity contribution in [3.8, 4) is 5.75 Å². The molecule has 2 saturated carbocycles. The van der Waals surface area contributed by atoms with Crippen LogP contribution in [0.5, 0.6) is 5.75 Å². The fraction of sp³-hybridized carbons (Fsp3) is 0.667. The molecule has 5 heteroatoms. The molecule has 0 unspecified atom stereocenters. The molecule has 0 spiro atoms. The molecule has 2 amide bonds. The maximum absolute atomic E-state index is 13.1. The van der Waals surface area contributed by atoms with Gasteiger partial charge in [-0.15, -0.1) is 0 Å². The Morgan fingerprint density at radius 1 is 1.10 bits per heavy atom. The molecule has 158 valence electrons. The second-order valence-corrected chi connectivity index (χ2v) is 10.0. The van der Waals surface area contributed by atoms with Crippen LogP contribution in [0.2, 0.25) is 0 Å². The molecular formula is C24H34N2O3. The second-order valence-electron chi connectivity index (χ2n) is 10.0. The summed E-state index contributed by atoms with van der Waals surface area (Å²) in [6, 6.07) is 8.50. The molecule has 0 aromatic heterocycles. The lowest BCUT2D eigenvalue weighted by Gasteiger charge is -2.55. The Morgan fingerprint density at radius 3 is 2.34 bits per heavy atom. The van der Waals surface area contributed by atoms with Gasteiger partial charge >= 0.3 is 0 Å². The molecule has 1 heterocycles. The number of nitrogens with zero attached hydrogens (tertiary/aromatic N) is 1. The summed E-state index contributed by atoms with van der Waals surface area (Å²) >= 11 is 0.